The van der Waals surface area contributed by atoms with E-state index in [1.54, 1.807) is 18.2 Å². The van der Waals surface area contributed by atoms with Crippen molar-refractivity contribution in [1.82, 2.24) is 0 Å². The lowest BCUT2D eigenvalue weighted by Gasteiger charge is -2.15. The van der Waals surface area contributed by atoms with E-state index in [0.29, 0.717) is 5.56 Å². The number of benzene rings is 1. The lowest BCUT2D eigenvalue weighted by atomic mass is 9.94. The summed E-state index contributed by atoms with van der Waals surface area (Å²) in [6, 6.07) is 7.18. The Hall–Kier alpha value is -1.45. The van der Waals surface area contributed by atoms with Crippen molar-refractivity contribution >= 4 is 11.9 Å². The van der Waals surface area contributed by atoms with Crippen LogP contribution in [-0.4, -0.2) is 5.78 Å². The maximum atomic E-state index is 11.2. The molecule has 0 saturated carbocycles. The topological polar surface area (TPSA) is 46.2 Å². The molecule has 0 saturated heterocycles. The quantitative estimate of drug-likeness (QED) is 0.481. The lowest BCUT2D eigenvalue weighted by Crippen LogP contribution is -2.15. The van der Waals surface area contributed by atoms with Gasteiger partial charge < -0.3 is 0 Å². The van der Waals surface area contributed by atoms with Crippen LogP contribution in [0.1, 0.15) is 17.2 Å². The summed E-state index contributed by atoms with van der Waals surface area (Å²) in [5.74, 6) is -0.297. The Labute approximate surface area is 75.2 Å². The highest BCUT2D eigenvalue weighted by molar-refractivity contribution is 6.00. The van der Waals surface area contributed by atoms with Gasteiger partial charge in [0.15, 0.2) is 11.9 Å². The fourth-order valence-corrected chi connectivity index (χ4v) is 1.41. The van der Waals surface area contributed by atoms with Crippen molar-refractivity contribution in [2.75, 3.05) is 0 Å². The molecule has 13 heavy (non-hydrogen) atoms. The summed E-state index contributed by atoms with van der Waals surface area (Å²) >= 11 is 0. The summed E-state index contributed by atoms with van der Waals surface area (Å²) in [4.78, 5) is 15.1. The predicted octanol–water partition coefficient (Wildman–Crippen LogP) is 1.69. The number of carbonyl (C=O) groups excluding carboxylic acids is 1. The first kappa shape index (κ1) is 8.16. The number of rotatable bonds is 1. The van der Waals surface area contributed by atoms with E-state index in [2.05, 4.69) is 4.89 Å². The molecule has 0 N–H and O–H groups in total. The van der Waals surface area contributed by atoms with Crippen molar-refractivity contribution in [2.45, 2.75) is 6.10 Å². The summed E-state index contributed by atoms with van der Waals surface area (Å²) in [7, 11) is 0. The Morgan fingerprint density at radius 1 is 1.15 bits per heavy atom. The Morgan fingerprint density at radius 3 is 2.69 bits per heavy atom. The molecule has 1 atom stereocenters. The Balaban J connectivity index is 2.53. The minimum atomic E-state index is -0.971. The second-order valence-corrected chi connectivity index (χ2v) is 2.84. The van der Waals surface area contributed by atoms with Crippen LogP contribution in [-0.2, 0) is 14.9 Å². The zero-order valence-corrected chi connectivity index (χ0v) is 6.77. The molecule has 1 aliphatic carbocycles. The first-order valence-corrected chi connectivity index (χ1v) is 3.92. The highest BCUT2D eigenvalue weighted by Crippen LogP contribution is 2.27. The van der Waals surface area contributed by atoms with Gasteiger partial charge in [-0.3, -0.25) is 4.79 Å². The SMILES string of the molecule is [O]OC1C(=O)C=Cc2ccccc21. The van der Waals surface area contributed by atoms with E-state index in [0.717, 1.165) is 5.56 Å². The van der Waals surface area contributed by atoms with Crippen molar-refractivity contribution in [2.24, 2.45) is 0 Å². The van der Waals surface area contributed by atoms with Crippen molar-refractivity contribution in [3.05, 3.63) is 41.5 Å². The van der Waals surface area contributed by atoms with Crippen molar-refractivity contribution in [3.63, 3.8) is 0 Å². The minimum absolute atomic E-state index is 0.297. The molecule has 65 valence electrons. The fraction of sp³-hybridized carbons (Fsp3) is 0.100. The van der Waals surface area contributed by atoms with E-state index in [-0.39, 0.29) is 5.78 Å². The van der Waals surface area contributed by atoms with Crippen LogP contribution in [0.4, 0.5) is 0 Å². The van der Waals surface area contributed by atoms with Gasteiger partial charge in [0.2, 0.25) is 0 Å². The Kier molecular flexibility index (Phi) is 1.96. The summed E-state index contributed by atoms with van der Waals surface area (Å²) in [6.07, 6.45) is 2.08. The van der Waals surface area contributed by atoms with Crippen molar-refractivity contribution < 1.29 is 14.9 Å². The summed E-state index contributed by atoms with van der Waals surface area (Å²) < 4.78 is 0. The van der Waals surface area contributed by atoms with Crippen molar-refractivity contribution in [3.8, 4) is 0 Å². The molecule has 1 aliphatic rings. The van der Waals surface area contributed by atoms with Gasteiger partial charge in [0, 0.05) is 0 Å². The molecule has 1 unspecified atom stereocenters. The van der Waals surface area contributed by atoms with E-state index in [1.165, 1.54) is 6.08 Å². The van der Waals surface area contributed by atoms with E-state index >= 15 is 0 Å². The van der Waals surface area contributed by atoms with E-state index < -0.39 is 6.10 Å². The van der Waals surface area contributed by atoms with Crippen LogP contribution in [0.2, 0.25) is 0 Å². The normalized spacial score (nSPS) is 20.1. The largest absolute Gasteiger partial charge is 0.291 e. The zero-order chi connectivity index (χ0) is 9.26. The lowest BCUT2D eigenvalue weighted by molar-refractivity contribution is -0.328. The van der Waals surface area contributed by atoms with Crippen LogP contribution in [0, 0.1) is 0 Å². The first-order valence-electron chi connectivity index (χ1n) is 3.92. The molecule has 1 aromatic carbocycles. The molecule has 0 amide bonds. The van der Waals surface area contributed by atoms with Gasteiger partial charge in [0.1, 0.15) is 0 Å². The van der Waals surface area contributed by atoms with E-state index in [1.807, 2.05) is 12.1 Å². The fourth-order valence-electron chi connectivity index (χ4n) is 1.41. The molecular weight excluding hydrogens is 168 g/mol. The molecule has 3 heteroatoms. The van der Waals surface area contributed by atoms with Crippen LogP contribution >= 0.6 is 0 Å². The molecule has 0 bridgehead atoms. The van der Waals surface area contributed by atoms with Gasteiger partial charge >= 0.3 is 0 Å². The molecule has 0 aromatic heterocycles. The Bertz CT molecular complexity index is 368. The molecule has 3 nitrogen and oxygen atoms in total. The number of carbonyl (C=O) groups is 1. The molecule has 2 rings (SSSR count). The maximum Gasteiger partial charge on any atom is 0.192 e. The average Bonchev–Trinajstić information content (AvgIpc) is 2.18. The van der Waals surface area contributed by atoms with Crippen LogP contribution in [0.3, 0.4) is 0 Å². The third-order valence-electron chi connectivity index (χ3n) is 2.06. The van der Waals surface area contributed by atoms with Gasteiger partial charge in [-0.1, -0.05) is 30.3 Å². The number of hydrogen-bond donors (Lipinski definition) is 0. The molecular formula is C10H7O3. The first-order chi connectivity index (χ1) is 6.33. The number of fused-ring (bicyclic) bond motifs is 1. The monoisotopic (exact) mass is 175 g/mol. The number of ketones is 1. The molecule has 0 aliphatic heterocycles. The maximum absolute atomic E-state index is 11.2. The van der Waals surface area contributed by atoms with Crippen LogP contribution in [0.5, 0.6) is 0 Å². The van der Waals surface area contributed by atoms with Crippen LogP contribution < -0.4 is 0 Å². The standard InChI is InChI=1S/C10H7O3/c11-9-6-5-7-3-1-2-4-8(7)10(9)13-12/h1-6,10H. The van der Waals surface area contributed by atoms with E-state index in [9.17, 15) is 10.1 Å². The second kappa shape index (κ2) is 3.12. The minimum Gasteiger partial charge on any atom is -0.291 e. The van der Waals surface area contributed by atoms with Gasteiger partial charge in [-0.25, -0.2) is 0 Å². The Morgan fingerprint density at radius 2 is 1.92 bits per heavy atom. The van der Waals surface area contributed by atoms with Gasteiger partial charge in [-0.15, -0.1) is 0 Å². The molecule has 0 heterocycles. The zero-order valence-electron chi connectivity index (χ0n) is 6.77. The summed E-state index contributed by atoms with van der Waals surface area (Å²) in [5.41, 5.74) is 1.51. The molecule has 0 fully saturated rings. The van der Waals surface area contributed by atoms with Gasteiger partial charge in [0.25, 0.3) is 0 Å². The highest BCUT2D eigenvalue weighted by Gasteiger charge is 2.25. The summed E-state index contributed by atoms with van der Waals surface area (Å²) in [6.45, 7) is 0. The highest BCUT2D eigenvalue weighted by atomic mass is 17.1. The molecule has 0 spiro atoms. The van der Waals surface area contributed by atoms with Gasteiger partial charge in [-0.2, -0.15) is 4.89 Å². The van der Waals surface area contributed by atoms with Crippen LogP contribution in [0.15, 0.2) is 30.3 Å². The van der Waals surface area contributed by atoms with Gasteiger partial charge in [0.05, 0.1) is 0 Å². The average molecular weight is 175 g/mol. The summed E-state index contributed by atoms with van der Waals surface area (Å²) in [5, 5.41) is 10.3. The molecule has 1 radical (unpaired) electrons. The van der Waals surface area contributed by atoms with Crippen LogP contribution in [0.25, 0.3) is 6.08 Å². The predicted molar refractivity (Wildman–Crippen MR) is 45.0 cm³/mol. The molecule has 1 aromatic rings. The van der Waals surface area contributed by atoms with Gasteiger partial charge in [-0.05, 0) is 22.5 Å². The number of hydrogen-bond acceptors (Lipinski definition) is 2. The van der Waals surface area contributed by atoms with Crippen molar-refractivity contribution in [1.29, 1.82) is 0 Å². The second-order valence-electron chi connectivity index (χ2n) is 2.84. The third-order valence-corrected chi connectivity index (χ3v) is 2.06. The smallest absolute Gasteiger partial charge is 0.192 e. The van der Waals surface area contributed by atoms with E-state index in [4.69, 9.17) is 0 Å². The third kappa shape index (κ3) is 1.28.